The van der Waals surface area contributed by atoms with Crippen LogP contribution in [0, 0.1) is 5.82 Å². The number of anilines is 1. The largest absolute Gasteiger partial charge is 0.347 e. The van der Waals surface area contributed by atoms with Gasteiger partial charge in [0.2, 0.25) is 5.91 Å². The number of hydrogen-bond donors (Lipinski definition) is 3. The van der Waals surface area contributed by atoms with Crippen molar-refractivity contribution in [2.24, 2.45) is 5.73 Å². The third-order valence-corrected chi connectivity index (χ3v) is 3.90. The van der Waals surface area contributed by atoms with Crippen molar-refractivity contribution < 1.29 is 9.18 Å². The molecule has 116 valence electrons. The number of nitrogens with zero attached hydrogens (tertiary/aromatic N) is 1. The van der Waals surface area contributed by atoms with Crippen molar-refractivity contribution in [3.05, 3.63) is 36.0 Å². The zero-order valence-corrected chi connectivity index (χ0v) is 12.2. The Bertz CT molecular complexity index is 683. The lowest BCUT2D eigenvalue weighted by Gasteiger charge is -2.10. The van der Waals surface area contributed by atoms with Gasteiger partial charge in [-0.3, -0.25) is 4.79 Å². The Kier molecular flexibility index (Phi) is 4.20. The fraction of sp³-hybridized carbons (Fsp3) is 0.375. The number of fused-ring (bicyclic) bond motifs is 4. The summed E-state index contributed by atoms with van der Waals surface area (Å²) in [6.07, 6.45) is 5.67. The van der Waals surface area contributed by atoms with E-state index in [-0.39, 0.29) is 11.9 Å². The van der Waals surface area contributed by atoms with Gasteiger partial charge in [0.25, 0.3) is 0 Å². The third kappa shape index (κ3) is 3.17. The Balaban J connectivity index is 2.02. The van der Waals surface area contributed by atoms with Crippen LogP contribution in [0.5, 0.6) is 0 Å². The first-order chi connectivity index (χ1) is 10.6. The number of carbonyl (C=O) groups excluding carboxylic acids is 1. The van der Waals surface area contributed by atoms with Gasteiger partial charge in [-0.1, -0.05) is 12.8 Å². The second-order valence-electron chi connectivity index (χ2n) is 5.61. The van der Waals surface area contributed by atoms with Crippen LogP contribution in [0.15, 0.2) is 24.4 Å². The van der Waals surface area contributed by atoms with Crippen LogP contribution in [-0.2, 0) is 4.79 Å². The van der Waals surface area contributed by atoms with Crippen LogP contribution in [-0.4, -0.2) is 15.9 Å². The van der Waals surface area contributed by atoms with Crippen LogP contribution >= 0.6 is 0 Å². The minimum atomic E-state index is -0.393. The quantitative estimate of drug-likeness (QED) is 0.699. The molecular formula is C16H19FN4O. The van der Waals surface area contributed by atoms with Crippen LogP contribution in [0.3, 0.4) is 0 Å². The number of rotatable bonds is 0. The second-order valence-corrected chi connectivity index (χ2v) is 5.61. The summed E-state index contributed by atoms with van der Waals surface area (Å²) in [6.45, 7) is 0. The number of imidazole rings is 1. The summed E-state index contributed by atoms with van der Waals surface area (Å²) in [6, 6.07) is 4.15. The van der Waals surface area contributed by atoms with Crippen LogP contribution in [0.2, 0.25) is 0 Å². The van der Waals surface area contributed by atoms with Gasteiger partial charge in [0.05, 0.1) is 17.4 Å². The molecule has 0 saturated carbocycles. The molecule has 1 amide bonds. The predicted molar refractivity (Wildman–Crippen MR) is 82.6 cm³/mol. The van der Waals surface area contributed by atoms with E-state index in [4.69, 9.17) is 5.73 Å². The van der Waals surface area contributed by atoms with Crippen LogP contribution in [0.1, 0.15) is 44.0 Å². The number of amides is 1. The van der Waals surface area contributed by atoms with Crippen molar-refractivity contribution in [2.45, 2.75) is 38.1 Å². The van der Waals surface area contributed by atoms with E-state index >= 15 is 0 Å². The molecule has 2 aromatic rings. The minimum Gasteiger partial charge on any atom is -0.347 e. The van der Waals surface area contributed by atoms with Gasteiger partial charge in [0.1, 0.15) is 11.6 Å². The first kappa shape index (κ1) is 14.7. The number of nitrogens with one attached hydrogen (secondary N) is 2. The second kappa shape index (κ2) is 6.27. The summed E-state index contributed by atoms with van der Waals surface area (Å²) >= 11 is 0. The first-order valence-corrected chi connectivity index (χ1v) is 7.54. The van der Waals surface area contributed by atoms with Crippen LogP contribution in [0.25, 0.3) is 11.3 Å². The number of aromatic amines is 1. The Morgan fingerprint density at radius 2 is 2.14 bits per heavy atom. The minimum absolute atomic E-state index is 0.105. The summed E-state index contributed by atoms with van der Waals surface area (Å²) in [5, 5.41) is 2.79. The summed E-state index contributed by atoms with van der Waals surface area (Å²) in [4.78, 5) is 19.6. The zero-order chi connectivity index (χ0) is 15.5. The van der Waals surface area contributed by atoms with E-state index in [0.29, 0.717) is 23.4 Å². The Morgan fingerprint density at radius 3 is 3.00 bits per heavy atom. The predicted octanol–water partition coefficient (Wildman–Crippen LogP) is 3.12. The molecule has 1 aromatic carbocycles. The maximum Gasteiger partial charge on any atom is 0.224 e. The Hall–Kier alpha value is -2.21. The molecule has 0 spiro atoms. The molecule has 0 fully saturated rings. The molecule has 0 aliphatic carbocycles. The monoisotopic (exact) mass is 302 g/mol. The number of benzene rings is 1. The van der Waals surface area contributed by atoms with Gasteiger partial charge in [-0.15, -0.1) is 0 Å². The third-order valence-electron chi connectivity index (χ3n) is 3.90. The number of halogens is 1. The molecule has 1 aliphatic heterocycles. The maximum absolute atomic E-state index is 13.5. The van der Waals surface area contributed by atoms with E-state index < -0.39 is 5.82 Å². The van der Waals surface area contributed by atoms with Gasteiger partial charge in [0.15, 0.2) is 0 Å². The number of nitrogens with two attached hydrogens (primary N) is 1. The van der Waals surface area contributed by atoms with Crippen molar-refractivity contribution in [3.63, 3.8) is 0 Å². The molecule has 0 saturated heterocycles. The molecule has 0 unspecified atom stereocenters. The van der Waals surface area contributed by atoms with Crippen molar-refractivity contribution in [1.82, 2.24) is 9.97 Å². The van der Waals surface area contributed by atoms with Gasteiger partial charge in [-0.25, -0.2) is 9.37 Å². The van der Waals surface area contributed by atoms with Gasteiger partial charge < -0.3 is 16.0 Å². The van der Waals surface area contributed by atoms with Crippen molar-refractivity contribution in [1.29, 1.82) is 0 Å². The molecule has 0 radical (unpaired) electrons. The average Bonchev–Trinajstić information content (AvgIpc) is 2.96. The highest BCUT2D eigenvalue weighted by Gasteiger charge is 2.16. The molecule has 1 atom stereocenters. The average molecular weight is 302 g/mol. The van der Waals surface area contributed by atoms with Gasteiger partial charge in [0, 0.05) is 18.2 Å². The van der Waals surface area contributed by atoms with E-state index in [9.17, 15) is 9.18 Å². The molecular weight excluding hydrogens is 283 g/mol. The number of carbonyl (C=O) groups is 1. The summed E-state index contributed by atoms with van der Waals surface area (Å²) in [7, 11) is 0. The zero-order valence-electron chi connectivity index (χ0n) is 12.2. The lowest BCUT2D eigenvalue weighted by atomic mass is 10.1. The van der Waals surface area contributed by atoms with Crippen molar-refractivity contribution in [3.8, 4) is 11.3 Å². The molecule has 1 aromatic heterocycles. The van der Waals surface area contributed by atoms with Gasteiger partial charge >= 0.3 is 0 Å². The molecule has 2 bridgehead atoms. The van der Waals surface area contributed by atoms with Crippen molar-refractivity contribution in [2.75, 3.05) is 5.32 Å². The standard InChI is InChI=1S/C16H19FN4O/c17-10-6-7-11-13(8-10)20-15(22)5-3-1-2-4-12(18)16-19-9-14(11)21-16/h6-9,12H,1-5,18H2,(H,19,21)(H,20,22)/t12-/m0/s1. The fourth-order valence-corrected chi connectivity index (χ4v) is 2.68. The molecule has 2 heterocycles. The van der Waals surface area contributed by atoms with E-state index in [1.54, 1.807) is 12.3 Å². The lowest BCUT2D eigenvalue weighted by molar-refractivity contribution is -0.116. The van der Waals surface area contributed by atoms with E-state index in [1.807, 2.05) is 0 Å². The number of hydrogen-bond acceptors (Lipinski definition) is 3. The molecule has 4 N–H and O–H groups in total. The summed E-state index contributed by atoms with van der Waals surface area (Å²) < 4.78 is 13.5. The Morgan fingerprint density at radius 1 is 1.27 bits per heavy atom. The molecule has 1 aliphatic rings. The number of aromatic nitrogens is 2. The fourth-order valence-electron chi connectivity index (χ4n) is 2.68. The first-order valence-electron chi connectivity index (χ1n) is 7.54. The maximum atomic E-state index is 13.5. The topological polar surface area (TPSA) is 83.8 Å². The van der Waals surface area contributed by atoms with E-state index in [2.05, 4.69) is 15.3 Å². The van der Waals surface area contributed by atoms with E-state index in [1.165, 1.54) is 12.1 Å². The highest BCUT2D eigenvalue weighted by Crippen LogP contribution is 2.29. The van der Waals surface area contributed by atoms with Crippen LogP contribution < -0.4 is 11.1 Å². The van der Waals surface area contributed by atoms with Gasteiger partial charge in [-0.05, 0) is 31.0 Å². The lowest BCUT2D eigenvalue weighted by Crippen LogP contribution is -2.12. The van der Waals surface area contributed by atoms with E-state index in [0.717, 1.165) is 31.5 Å². The number of H-pyrrole nitrogens is 1. The highest BCUT2D eigenvalue weighted by molar-refractivity contribution is 5.95. The summed E-state index contributed by atoms with van der Waals surface area (Å²) in [5.74, 6) is 0.220. The smallest absolute Gasteiger partial charge is 0.224 e. The Labute approximate surface area is 128 Å². The van der Waals surface area contributed by atoms with Crippen molar-refractivity contribution >= 4 is 11.6 Å². The molecule has 22 heavy (non-hydrogen) atoms. The highest BCUT2D eigenvalue weighted by atomic mass is 19.1. The SMILES string of the molecule is N[C@H]1CCCCCC(=O)Nc2cc(F)ccc2-c2c[nH]c1n2. The van der Waals surface area contributed by atoms with Crippen LogP contribution in [0.4, 0.5) is 10.1 Å². The van der Waals surface area contributed by atoms with Gasteiger partial charge in [-0.2, -0.15) is 0 Å². The summed E-state index contributed by atoms with van der Waals surface area (Å²) in [5.41, 5.74) is 7.91. The normalized spacial score (nSPS) is 19.4. The molecule has 3 rings (SSSR count). The molecule has 5 nitrogen and oxygen atoms in total. The molecule has 6 heteroatoms.